The molecule has 1 atom stereocenters. The molecule has 0 bridgehead atoms. The second kappa shape index (κ2) is 7.27. The van der Waals surface area contributed by atoms with Crippen molar-refractivity contribution in [3.05, 3.63) is 46.9 Å². The van der Waals surface area contributed by atoms with E-state index in [1.54, 1.807) is 25.1 Å². The molecule has 0 amide bonds. The highest BCUT2D eigenvalue weighted by Crippen LogP contribution is 2.24. The number of nitrogens with zero attached hydrogens (tertiary/aromatic N) is 3. The molecule has 1 saturated heterocycles. The maximum absolute atomic E-state index is 12.8. The fraction of sp³-hybridized carbons (Fsp3) is 0.412. The second-order valence-electron chi connectivity index (χ2n) is 6.09. The van der Waals surface area contributed by atoms with Gasteiger partial charge in [-0.3, -0.25) is 0 Å². The van der Waals surface area contributed by atoms with Gasteiger partial charge in [0.05, 0.1) is 11.4 Å². The van der Waals surface area contributed by atoms with Gasteiger partial charge in [0.25, 0.3) is 0 Å². The summed E-state index contributed by atoms with van der Waals surface area (Å²) in [5.74, 6) is 1.12. The number of ether oxygens (including phenoxy) is 1. The third-order valence-electron chi connectivity index (χ3n) is 4.02. The first-order chi connectivity index (χ1) is 11.8. The molecule has 1 aliphatic rings. The number of hydrogen-bond donors (Lipinski definition) is 0. The van der Waals surface area contributed by atoms with Crippen LogP contribution in [0.1, 0.15) is 24.4 Å². The minimum Gasteiger partial charge on any atom is -0.473 e. The van der Waals surface area contributed by atoms with Crippen molar-refractivity contribution in [1.29, 1.82) is 0 Å². The predicted molar refractivity (Wildman–Crippen MR) is 95.4 cm³/mol. The van der Waals surface area contributed by atoms with E-state index in [2.05, 4.69) is 9.97 Å². The molecular formula is C17H20ClN3O3S. The first-order valence-electron chi connectivity index (χ1n) is 8.09. The monoisotopic (exact) mass is 381 g/mol. The van der Waals surface area contributed by atoms with Gasteiger partial charge in [-0.15, -0.1) is 0 Å². The van der Waals surface area contributed by atoms with Crippen LogP contribution >= 0.6 is 11.6 Å². The zero-order valence-electron chi connectivity index (χ0n) is 14.1. The highest BCUT2D eigenvalue weighted by molar-refractivity contribution is 7.89. The summed E-state index contributed by atoms with van der Waals surface area (Å²) < 4.78 is 33.0. The largest absolute Gasteiger partial charge is 0.473 e. The zero-order chi connectivity index (χ0) is 18.0. The number of sulfonamides is 1. The highest BCUT2D eigenvalue weighted by atomic mass is 35.5. The van der Waals surface area contributed by atoms with Crippen LogP contribution in [0.5, 0.6) is 5.88 Å². The second-order valence-corrected chi connectivity index (χ2v) is 8.47. The molecule has 1 fully saturated rings. The minimum atomic E-state index is -3.56. The van der Waals surface area contributed by atoms with Crippen molar-refractivity contribution < 1.29 is 13.2 Å². The van der Waals surface area contributed by atoms with Crippen molar-refractivity contribution >= 4 is 21.6 Å². The van der Waals surface area contributed by atoms with Gasteiger partial charge in [-0.1, -0.05) is 11.6 Å². The van der Waals surface area contributed by atoms with Crippen LogP contribution in [0.2, 0.25) is 5.02 Å². The Kier molecular flexibility index (Phi) is 5.27. The smallest absolute Gasteiger partial charge is 0.243 e. The lowest BCUT2D eigenvalue weighted by Crippen LogP contribution is -2.44. The summed E-state index contributed by atoms with van der Waals surface area (Å²) >= 11 is 5.85. The van der Waals surface area contributed by atoms with Gasteiger partial charge >= 0.3 is 0 Å². The van der Waals surface area contributed by atoms with Crippen LogP contribution in [-0.2, 0) is 10.0 Å². The van der Waals surface area contributed by atoms with Gasteiger partial charge in [-0.05, 0) is 51.0 Å². The molecule has 1 aliphatic heterocycles. The lowest BCUT2D eigenvalue weighted by atomic mass is 10.1. The number of rotatable bonds is 4. The molecule has 8 heteroatoms. The van der Waals surface area contributed by atoms with Gasteiger partial charge in [0, 0.05) is 23.3 Å². The van der Waals surface area contributed by atoms with E-state index in [1.807, 2.05) is 6.92 Å². The first-order valence-corrected chi connectivity index (χ1v) is 9.91. The van der Waals surface area contributed by atoms with E-state index < -0.39 is 10.0 Å². The molecule has 1 aromatic carbocycles. The van der Waals surface area contributed by atoms with Gasteiger partial charge in [0.1, 0.15) is 11.9 Å². The third-order valence-corrected chi connectivity index (χ3v) is 6.15. The van der Waals surface area contributed by atoms with Gasteiger partial charge < -0.3 is 4.74 Å². The van der Waals surface area contributed by atoms with Crippen LogP contribution in [0, 0.1) is 13.8 Å². The first kappa shape index (κ1) is 18.1. The van der Waals surface area contributed by atoms with Gasteiger partial charge in [0.15, 0.2) is 0 Å². The van der Waals surface area contributed by atoms with Crippen LogP contribution in [-0.4, -0.2) is 41.9 Å². The Morgan fingerprint density at radius 1 is 1.20 bits per heavy atom. The highest BCUT2D eigenvalue weighted by Gasteiger charge is 2.31. The third kappa shape index (κ3) is 4.29. The zero-order valence-corrected chi connectivity index (χ0v) is 15.7. The molecule has 0 saturated carbocycles. The summed E-state index contributed by atoms with van der Waals surface area (Å²) in [7, 11) is -3.56. The molecule has 25 heavy (non-hydrogen) atoms. The fourth-order valence-electron chi connectivity index (χ4n) is 2.89. The molecule has 2 heterocycles. The SMILES string of the molecule is Cc1cc(O[C@@H]2CCCN(S(=O)(=O)c3ccc(Cl)cc3)C2)nc(C)n1. The van der Waals surface area contributed by atoms with Crippen LogP contribution in [0.3, 0.4) is 0 Å². The van der Waals surface area contributed by atoms with E-state index in [0.29, 0.717) is 29.8 Å². The molecular weight excluding hydrogens is 362 g/mol. The Hall–Kier alpha value is -1.70. The van der Waals surface area contributed by atoms with Crippen LogP contribution in [0.25, 0.3) is 0 Å². The summed E-state index contributed by atoms with van der Waals surface area (Å²) in [4.78, 5) is 8.73. The average Bonchev–Trinajstić information content (AvgIpc) is 2.54. The summed E-state index contributed by atoms with van der Waals surface area (Å²) in [5.41, 5.74) is 0.823. The number of piperidine rings is 1. The Balaban J connectivity index is 1.75. The normalized spacial score (nSPS) is 18.9. The van der Waals surface area contributed by atoms with Crippen molar-refractivity contribution in [3.63, 3.8) is 0 Å². The number of halogens is 1. The number of aromatic nitrogens is 2. The Morgan fingerprint density at radius 3 is 2.60 bits per heavy atom. The van der Waals surface area contributed by atoms with Gasteiger partial charge in [0.2, 0.25) is 15.9 Å². The van der Waals surface area contributed by atoms with Crippen LogP contribution in [0.4, 0.5) is 0 Å². The molecule has 0 unspecified atom stereocenters. The van der Waals surface area contributed by atoms with Crippen LogP contribution in [0.15, 0.2) is 35.2 Å². The fourth-order valence-corrected chi connectivity index (χ4v) is 4.53. The number of benzene rings is 1. The van der Waals surface area contributed by atoms with Gasteiger partial charge in [-0.2, -0.15) is 9.29 Å². The molecule has 6 nitrogen and oxygen atoms in total. The predicted octanol–water partition coefficient (Wildman–Crippen LogP) is 2.98. The lowest BCUT2D eigenvalue weighted by Gasteiger charge is -2.31. The van der Waals surface area contributed by atoms with E-state index in [0.717, 1.165) is 18.5 Å². The summed E-state index contributed by atoms with van der Waals surface area (Å²) in [5, 5.41) is 0.508. The quantitative estimate of drug-likeness (QED) is 0.814. The van der Waals surface area contributed by atoms with Crippen molar-refractivity contribution in [2.45, 2.75) is 37.7 Å². The van der Waals surface area contributed by atoms with Crippen LogP contribution < -0.4 is 4.74 Å². The Bertz CT molecular complexity index is 836. The van der Waals surface area contributed by atoms with E-state index in [4.69, 9.17) is 16.3 Å². The molecule has 0 radical (unpaired) electrons. The summed E-state index contributed by atoms with van der Waals surface area (Å²) in [6, 6.07) is 7.98. The number of hydrogen-bond acceptors (Lipinski definition) is 5. The topological polar surface area (TPSA) is 72.4 Å². The van der Waals surface area contributed by atoms with Gasteiger partial charge in [-0.25, -0.2) is 13.4 Å². The molecule has 0 spiro atoms. The number of aryl methyl sites for hydroxylation is 2. The molecule has 0 N–H and O–H groups in total. The molecule has 0 aliphatic carbocycles. The molecule has 3 rings (SSSR count). The van der Waals surface area contributed by atoms with E-state index in [9.17, 15) is 8.42 Å². The van der Waals surface area contributed by atoms with E-state index >= 15 is 0 Å². The Morgan fingerprint density at radius 2 is 1.92 bits per heavy atom. The van der Waals surface area contributed by atoms with E-state index in [-0.39, 0.29) is 11.0 Å². The van der Waals surface area contributed by atoms with Crippen molar-refractivity contribution in [3.8, 4) is 5.88 Å². The Labute approximate surface area is 152 Å². The lowest BCUT2D eigenvalue weighted by molar-refractivity contribution is 0.124. The maximum atomic E-state index is 12.8. The summed E-state index contributed by atoms with van der Waals surface area (Å²) in [6.07, 6.45) is 1.29. The molecule has 1 aromatic heterocycles. The maximum Gasteiger partial charge on any atom is 0.243 e. The average molecular weight is 382 g/mol. The van der Waals surface area contributed by atoms with Crippen molar-refractivity contribution in [2.24, 2.45) is 0 Å². The standard InChI is InChI=1S/C17H20ClN3O3S/c1-12-10-17(20-13(2)19-12)24-15-4-3-9-21(11-15)25(22,23)16-7-5-14(18)6-8-16/h5-8,10,15H,3-4,9,11H2,1-2H3/t15-/m1/s1. The minimum absolute atomic E-state index is 0.232. The molecule has 134 valence electrons. The van der Waals surface area contributed by atoms with Crippen molar-refractivity contribution in [1.82, 2.24) is 14.3 Å². The summed E-state index contributed by atoms with van der Waals surface area (Å²) in [6.45, 7) is 4.46. The molecule has 2 aromatic rings. The van der Waals surface area contributed by atoms with E-state index in [1.165, 1.54) is 16.4 Å². The van der Waals surface area contributed by atoms with Crippen molar-refractivity contribution in [2.75, 3.05) is 13.1 Å².